The second-order valence-electron chi connectivity index (χ2n) is 14.5. The van der Waals surface area contributed by atoms with Crippen molar-refractivity contribution in [2.24, 2.45) is 0 Å². The molecule has 5 heterocycles. The van der Waals surface area contributed by atoms with E-state index in [4.69, 9.17) is 29.9 Å². The topological polar surface area (TPSA) is 77.3 Å². The van der Waals surface area contributed by atoms with Crippen molar-refractivity contribution in [2.75, 3.05) is 5.75 Å². The van der Waals surface area contributed by atoms with Gasteiger partial charge in [-0.2, -0.15) is 0 Å². The number of thioether (sulfide) groups is 1. The second-order valence-corrected chi connectivity index (χ2v) is 17.5. The van der Waals surface area contributed by atoms with Crippen LogP contribution < -0.4 is 0 Å². The zero-order valence-corrected chi connectivity index (χ0v) is 33.3. The van der Waals surface area contributed by atoms with Crippen LogP contribution in [0.3, 0.4) is 0 Å². The molecule has 0 N–H and O–H groups in total. The van der Waals surface area contributed by atoms with E-state index in [1.54, 1.807) is 34.4 Å². The van der Waals surface area contributed by atoms with Gasteiger partial charge in [0.25, 0.3) is 0 Å². The van der Waals surface area contributed by atoms with Crippen molar-refractivity contribution in [3.8, 4) is 66.4 Å². The zero-order chi connectivity index (χ0) is 38.2. The molecule has 0 radical (unpaired) electrons. The summed E-state index contributed by atoms with van der Waals surface area (Å²) in [5, 5.41) is 4.13. The number of nitrogens with zero attached hydrogens (tertiary/aromatic N) is 6. The van der Waals surface area contributed by atoms with Gasteiger partial charge in [0.15, 0.2) is 34.9 Å². The lowest BCUT2D eigenvalue weighted by molar-refractivity contribution is 0.794. The van der Waals surface area contributed by atoms with Crippen LogP contribution in [-0.2, 0) is 5.41 Å². The van der Waals surface area contributed by atoms with Crippen molar-refractivity contribution in [1.29, 1.82) is 0 Å². The number of fused-ring (bicyclic) bond motifs is 10. The molecule has 0 amide bonds. The highest BCUT2D eigenvalue weighted by atomic mass is 32.2. The highest BCUT2D eigenvalue weighted by Crippen LogP contribution is 2.63. The SMILES string of the molecule is C1=CCSC(c2nc(C3=CC=CC3)nc(-c3ccc4c(c3)C3(c5ccccc5-c5ccccc53)c3cc(-c5nc(-c6cccs6)nc(-c6cccs6)n5)ccc3-4)n2)=C1. The quantitative estimate of drug-likeness (QED) is 0.166. The fourth-order valence-electron chi connectivity index (χ4n) is 8.86. The number of benzene rings is 4. The Balaban J connectivity index is 1.09. The minimum absolute atomic E-state index is 0.604. The van der Waals surface area contributed by atoms with E-state index in [0.29, 0.717) is 29.1 Å². The van der Waals surface area contributed by atoms with E-state index >= 15 is 0 Å². The van der Waals surface area contributed by atoms with Gasteiger partial charge in [-0.3, -0.25) is 0 Å². The summed E-state index contributed by atoms with van der Waals surface area (Å²) in [6.07, 6.45) is 13.5. The molecule has 0 saturated carbocycles. The summed E-state index contributed by atoms with van der Waals surface area (Å²) in [7, 11) is 0. The van der Waals surface area contributed by atoms with Crippen LogP contribution in [0.1, 0.15) is 40.3 Å². The summed E-state index contributed by atoms with van der Waals surface area (Å²) in [6, 6.07) is 39.6. The van der Waals surface area contributed by atoms with Crippen LogP contribution in [-0.4, -0.2) is 35.7 Å². The zero-order valence-electron chi connectivity index (χ0n) is 30.8. The molecule has 8 aromatic rings. The molecule has 6 nitrogen and oxygen atoms in total. The van der Waals surface area contributed by atoms with Gasteiger partial charge in [0.2, 0.25) is 0 Å². The molecule has 1 aliphatic heterocycles. The van der Waals surface area contributed by atoms with Crippen molar-refractivity contribution in [1.82, 2.24) is 29.9 Å². The number of hydrogen-bond acceptors (Lipinski definition) is 9. The lowest BCUT2D eigenvalue weighted by Crippen LogP contribution is -2.26. The third kappa shape index (κ3) is 5.17. The average Bonchev–Trinajstić information content (AvgIpc) is 4.16. The van der Waals surface area contributed by atoms with Crippen molar-refractivity contribution in [3.63, 3.8) is 0 Å². The number of aromatic nitrogens is 6. The van der Waals surface area contributed by atoms with Crippen molar-refractivity contribution in [2.45, 2.75) is 11.8 Å². The van der Waals surface area contributed by atoms with E-state index in [2.05, 4.69) is 144 Å². The lowest BCUT2D eigenvalue weighted by atomic mass is 9.70. The van der Waals surface area contributed by atoms with Gasteiger partial charge in [-0.1, -0.05) is 115 Å². The first-order valence-electron chi connectivity index (χ1n) is 19.2. The summed E-state index contributed by atoms with van der Waals surface area (Å²) in [6.45, 7) is 0. The standard InChI is InChI=1S/C49H30N6S3/c1-2-12-29(11-1)43-50-44(52-46(51-43)40-17-7-8-24-56-40)30-20-22-34-35-23-21-31(45-53-47(41-18-9-25-57-41)55-48(54-45)42-19-10-26-58-42)28-39(35)49(38(34)27-30)36-15-5-3-13-32(36)33-14-4-6-16-37(33)49/h1-11,13-23,25-28H,12,24H2. The normalized spacial score (nSPS) is 15.2. The largest absolute Gasteiger partial charge is 0.209 e. The maximum absolute atomic E-state index is 5.18. The van der Waals surface area contributed by atoms with E-state index in [1.165, 1.54) is 44.5 Å². The van der Waals surface area contributed by atoms with E-state index in [-0.39, 0.29) is 0 Å². The molecule has 0 bridgehead atoms. The van der Waals surface area contributed by atoms with Crippen LogP contribution in [0.25, 0.3) is 76.9 Å². The van der Waals surface area contributed by atoms with Gasteiger partial charge in [0.05, 0.1) is 20.1 Å². The fourth-order valence-corrected chi connectivity index (χ4v) is 11.0. The summed E-state index contributed by atoms with van der Waals surface area (Å²) in [5.41, 5.74) is 12.2. The smallest absolute Gasteiger partial charge is 0.174 e. The number of rotatable bonds is 6. The Kier molecular flexibility index (Phi) is 7.76. The third-order valence-corrected chi connectivity index (χ3v) is 14.1. The fraction of sp³-hybridized carbons (Fsp3) is 0.0612. The Labute approximate surface area is 347 Å². The van der Waals surface area contributed by atoms with Gasteiger partial charge >= 0.3 is 0 Å². The number of thiophene rings is 2. The Morgan fingerprint density at radius 1 is 0.448 bits per heavy atom. The second kappa shape index (κ2) is 13.3. The highest BCUT2D eigenvalue weighted by Gasteiger charge is 2.52. The molecule has 0 atom stereocenters. The molecule has 4 aromatic heterocycles. The molecule has 4 aliphatic rings. The average molecular weight is 799 g/mol. The first-order chi connectivity index (χ1) is 28.7. The molecule has 0 unspecified atom stereocenters. The molecule has 0 fully saturated rings. The maximum atomic E-state index is 5.18. The van der Waals surface area contributed by atoms with Crippen molar-refractivity contribution < 1.29 is 0 Å². The van der Waals surface area contributed by atoms with Gasteiger partial charge in [-0.25, -0.2) is 29.9 Å². The lowest BCUT2D eigenvalue weighted by Gasteiger charge is -2.31. The predicted molar refractivity (Wildman–Crippen MR) is 238 cm³/mol. The summed E-state index contributed by atoms with van der Waals surface area (Å²) in [5.74, 6) is 5.02. The Bertz CT molecular complexity index is 3000. The maximum Gasteiger partial charge on any atom is 0.174 e. The van der Waals surface area contributed by atoms with Crippen LogP contribution in [0, 0.1) is 0 Å². The van der Waals surface area contributed by atoms with Gasteiger partial charge in [0, 0.05) is 22.5 Å². The van der Waals surface area contributed by atoms with Gasteiger partial charge in [-0.05, 0) is 92.0 Å². The number of allylic oxidation sites excluding steroid dienone is 6. The summed E-state index contributed by atoms with van der Waals surface area (Å²) >= 11 is 5.03. The highest BCUT2D eigenvalue weighted by molar-refractivity contribution is 8.08. The summed E-state index contributed by atoms with van der Waals surface area (Å²) < 4.78 is 0. The van der Waals surface area contributed by atoms with Crippen molar-refractivity contribution >= 4 is 44.9 Å². The van der Waals surface area contributed by atoms with Gasteiger partial charge in [-0.15, -0.1) is 34.4 Å². The van der Waals surface area contributed by atoms with Gasteiger partial charge < -0.3 is 0 Å². The van der Waals surface area contributed by atoms with Crippen LogP contribution in [0.5, 0.6) is 0 Å². The minimum atomic E-state index is -0.604. The summed E-state index contributed by atoms with van der Waals surface area (Å²) in [4.78, 5) is 33.6. The molecular formula is C49H30N6S3. The van der Waals surface area contributed by atoms with Crippen molar-refractivity contribution in [3.05, 3.63) is 190 Å². The van der Waals surface area contributed by atoms with Crippen LogP contribution >= 0.6 is 34.4 Å². The predicted octanol–water partition coefficient (Wildman–Crippen LogP) is 12.2. The Morgan fingerprint density at radius 2 is 0.983 bits per heavy atom. The van der Waals surface area contributed by atoms with E-state index in [1.807, 2.05) is 12.1 Å². The molecule has 12 rings (SSSR count). The Hall–Kier alpha value is -6.39. The molecular weight excluding hydrogens is 769 g/mol. The van der Waals surface area contributed by atoms with Crippen LogP contribution in [0.2, 0.25) is 0 Å². The molecule has 0 saturated heterocycles. The van der Waals surface area contributed by atoms with Crippen LogP contribution in [0.4, 0.5) is 0 Å². The first-order valence-corrected chi connectivity index (χ1v) is 21.9. The Morgan fingerprint density at radius 3 is 1.53 bits per heavy atom. The third-order valence-electron chi connectivity index (χ3n) is 11.4. The van der Waals surface area contributed by atoms with E-state index < -0.39 is 5.41 Å². The minimum Gasteiger partial charge on any atom is -0.209 e. The van der Waals surface area contributed by atoms with Crippen LogP contribution in [0.15, 0.2) is 156 Å². The molecule has 4 aromatic carbocycles. The first kappa shape index (κ1) is 33.7. The van der Waals surface area contributed by atoms with E-state index in [0.717, 1.165) is 49.4 Å². The molecule has 3 aliphatic carbocycles. The van der Waals surface area contributed by atoms with E-state index in [9.17, 15) is 0 Å². The molecule has 9 heteroatoms. The van der Waals surface area contributed by atoms with Gasteiger partial charge in [0.1, 0.15) is 0 Å². The monoisotopic (exact) mass is 798 g/mol. The molecule has 58 heavy (non-hydrogen) atoms. The number of hydrogen-bond donors (Lipinski definition) is 0. The molecule has 274 valence electrons. The molecule has 1 spiro atoms.